The Balaban J connectivity index is 1.61. The minimum absolute atomic E-state index is 0.879. The van der Waals surface area contributed by atoms with Gasteiger partial charge in [0.15, 0.2) is 0 Å². The zero-order chi connectivity index (χ0) is 11.5. The molecule has 0 unspecified atom stereocenters. The van der Waals surface area contributed by atoms with Gasteiger partial charge in [0.2, 0.25) is 5.95 Å². The minimum atomic E-state index is 0.879. The van der Waals surface area contributed by atoms with E-state index in [1.807, 2.05) is 24.3 Å². The predicted molar refractivity (Wildman–Crippen MR) is 71.1 cm³/mol. The Morgan fingerprint density at radius 3 is 3.06 bits per heavy atom. The lowest BCUT2D eigenvalue weighted by Gasteiger charge is -2.03. The summed E-state index contributed by atoms with van der Waals surface area (Å²) < 4.78 is 0. The van der Waals surface area contributed by atoms with Gasteiger partial charge in [0.1, 0.15) is 0 Å². The normalized spacial score (nSPS) is 15.2. The Kier molecular flexibility index (Phi) is 2.82. The van der Waals surface area contributed by atoms with Gasteiger partial charge in [-0.1, -0.05) is 23.8 Å². The van der Waals surface area contributed by atoms with Gasteiger partial charge in [0.25, 0.3) is 0 Å². The van der Waals surface area contributed by atoms with Crippen molar-refractivity contribution >= 4 is 17.0 Å². The van der Waals surface area contributed by atoms with Crippen molar-refractivity contribution in [3.63, 3.8) is 0 Å². The molecule has 3 rings (SSSR count). The van der Waals surface area contributed by atoms with Crippen molar-refractivity contribution in [2.75, 3.05) is 11.9 Å². The van der Waals surface area contributed by atoms with Crippen molar-refractivity contribution in [3.8, 4) is 0 Å². The second kappa shape index (κ2) is 4.62. The topological polar surface area (TPSA) is 40.7 Å². The van der Waals surface area contributed by atoms with Gasteiger partial charge in [0, 0.05) is 6.54 Å². The molecule has 2 aromatic rings. The largest absolute Gasteiger partial charge is 0.355 e. The summed E-state index contributed by atoms with van der Waals surface area (Å²) in [5.41, 5.74) is 3.71. The van der Waals surface area contributed by atoms with Crippen LogP contribution in [-0.2, 0) is 0 Å². The lowest BCUT2D eigenvalue weighted by atomic mass is 10.2. The molecule has 1 aliphatic rings. The predicted octanol–water partition coefficient (Wildman–Crippen LogP) is 3.48. The maximum atomic E-state index is 4.49. The van der Waals surface area contributed by atoms with Crippen molar-refractivity contribution in [2.45, 2.75) is 25.7 Å². The van der Waals surface area contributed by atoms with Crippen LogP contribution < -0.4 is 5.32 Å². The monoisotopic (exact) mass is 227 g/mol. The van der Waals surface area contributed by atoms with Gasteiger partial charge in [-0.3, -0.25) is 0 Å². The van der Waals surface area contributed by atoms with Gasteiger partial charge in [-0.2, -0.15) is 0 Å². The number of para-hydroxylation sites is 2. The lowest BCUT2D eigenvalue weighted by Crippen LogP contribution is -2.03. The minimum Gasteiger partial charge on any atom is -0.355 e. The fourth-order valence-corrected chi connectivity index (χ4v) is 2.34. The first-order valence-electron chi connectivity index (χ1n) is 6.28. The highest BCUT2D eigenvalue weighted by atomic mass is 15.1. The number of rotatable bonds is 4. The Hall–Kier alpha value is -1.77. The molecule has 1 aromatic carbocycles. The highest BCUT2D eigenvalue weighted by molar-refractivity contribution is 5.77. The smallest absolute Gasteiger partial charge is 0.201 e. The van der Waals surface area contributed by atoms with E-state index in [2.05, 4.69) is 21.4 Å². The number of hydrogen-bond acceptors (Lipinski definition) is 2. The zero-order valence-corrected chi connectivity index (χ0v) is 9.87. The number of anilines is 1. The first-order chi connectivity index (χ1) is 8.42. The van der Waals surface area contributed by atoms with Crippen LogP contribution >= 0.6 is 0 Å². The molecule has 0 atom stereocenters. The standard InChI is InChI=1S/C14H17N3/c1-2-6-11(5-1)9-10-15-14-16-12-7-3-4-8-13(12)17-14/h3-5,7-8H,1-2,6,9-10H2,(H2,15,16,17). The number of nitrogens with zero attached hydrogens (tertiary/aromatic N) is 1. The second-order valence-electron chi connectivity index (χ2n) is 4.53. The molecule has 88 valence electrons. The van der Waals surface area contributed by atoms with E-state index in [9.17, 15) is 0 Å². The number of hydrogen-bond donors (Lipinski definition) is 2. The van der Waals surface area contributed by atoms with Gasteiger partial charge < -0.3 is 10.3 Å². The molecule has 0 spiro atoms. The van der Waals surface area contributed by atoms with Crippen LogP contribution in [0.5, 0.6) is 0 Å². The summed E-state index contributed by atoms with van der Waals surface area (Å²) >= 11 is 0. The van der Waals surface area contributed by atoms with E-state index in [4.69, 9.17) is 0 Å². The summed E-state index contributed by atoms with van der Waals surface area (Å²) in [6.45, 7) is 0.964. The van der Waals surface area contributed by atoms with Crippen molar-refractivity contribution < 1.29 is 0 Å². The van der Waals surface area contributed by atoms with Crippen LogP contribution in [0.1, 0.15) is 25.7 Å². The van der Waals surface area contributed by atoms with E-state index in [-0.39, 0.29) is 0 Å². The van der Waals surface area contributed by atoms with Crippen LogP contribution in [0.15, 0.2) is 35.9 Å². The second-order valence-corrected chi connectivity index (χ2v) is 4.53. The van der Waals surface area contributed by atoms with Crippen LogP contribution in [0.2, 0.25) is 0 Å². The Morgan fingerprint density at radius 2 is 2.24 bits per heavy atom. The lowest BCUT2D eigenvalue weighted by molar-refractivity contribution is 0.861. The van der Waals surface area contributed by atoms with Crippen LogP contribution in [-0.4, -0.2) is 16.5 Å². The third-order valence-corrected chi connectivity index (χ3v) is 3.26. The van der Waals surface area contributed by atoms with Crippen molar-refractivity contribution in [2.24, 2.45) is 0 Å². The van der Waals surface area contributed by atoms with Crippen molar-refractivity contribution in [1.82, 2.24) is 9.97 Å². The first-order valence-corrected chi connectivity index (χ1v) is 6.28. The Labute approximate surface area is 101 Å². The molecule has 0 radical (unpaired) electrons. The van der Waals surface area contributed by atoms with E-state index < -0.39 is 0 Å². The van der Waals surface area contributed by atoms with E-state index >= 15 is 0 Å². The summed E-state index contributed by atoms with van der Waals surface area (Å²) in [5.74, 6) is 0.879. The number of aromatic amines is 1. The number of imidazole rings is 1. The summed E-state index contributed by atoms with van der Waals surface area (Å²) in [6.07, 6.45) is 7.39. The molecule has 3 nitrogen and oxygen atoms in total. The van der Waals surface area contributed by atoms with E-state index in [0.717, 1.165) is 29.9 Å². The molecule has 1 aliphatic carbocycles. The molecule has 2 N–H and O–H groups in total. The molecule has 0 fully saturated rings. The average Bonchev–Trinajstić information content (AvgIpc) is 2.96. The summed E-state index contributed by atoms with van der Waals surface area (Å²) in [7, 11) is 0. The molecule has 0 amide bonds. The number of fused-ring (bicyclic) bond motifs is 1. The number of benzene rings is 1. The summed E-state index contributed by atoms with van der Waals surface area (Å²) in [4.78, 5) is 7.77. The third-order valence-electron chi connectivity index (χ3n) is 3.26. The Morgan fingerprint density at radius 1 is 1.29 bits per heavy atom. The van der Waals surface area contributed by atoms with Crippen LogP contribution in [0.4, 0.5) is 5.95 Å². The van der Waals surface area contributed by atoms with Gasteiger partial charge in [-0.05, 0) is 37.8 Å². The van der Waals surface area contributed by atoms with Crippen LogP contribution in [0.3, 0.4) is 0 Å². The summed E-state index contributed by atoms with van der Waals surface area (Å²) in [6, 6.07) is 8.10. The van der Waals surface area contributed by atoms with E-state index in [1.54, 1.807) is 5.57 Å². The van der Waals surface area contributed by atoms with Gasteiger partial charge in [0.05, 0.1) is 11.0 Å². The van der Waals surface area contributed by atoms with Crippen molar-refractivity contribution in [3.05, 3.63) is 35.9 Å². The van der Waals surface area contributed by atoms with Gasteiger partial charge in [-0.15, -0.1) is 0 Å². The number of allylic oxidation sites excluding steroid dienone is 1. The Bertz CT molecular complexity index is 506. The highest BCUT2D eigenvalue weighted by Crippen LogP contribution is 2.20. The highest BCUT2D eigenvalue weighted by Gasteiger charge is 2.05. The maximum absolute atomic E-state index is 4.49. The molecular formula is C14H17N3. The van der Waals surface area contributed by atoms with Crippen LogP contribution in [0.25, 0.3) is 11.0 Å². The van der Waals surface area contributed by atoms with Gasteiger partial charge in [-0.25, -0.2) is 4.98 Å². The molecule has 1 heterocycles. The van der Waals surface area contributed by atoms with E-state index in [0.29, 0.717) is 0 Å². The summed E-state index contributed by atoms with van der Waals surface area (Å²) in [5, 5.41) is 3.35. The molecule has 0 saturated carbocycles. The molecular weight excluding hydrogens is 210 g/mol. The fourth-order valence-electron chi connectivity index (χ4n) is 2.34. The fraction of sp³-hybridized carbons (Fsp3) is 0.357. The number of nitrogens with one attached hydrogen (secondary N) is 2. The molecule has 0 saturated heterocycles. The van der Waals surface area contributed by atoms with E-state index in [1.165, 1.54) is 19.3 Å². The van der Waals surface area contributed by atoms with Crippen molar-refractivity contribution in [1.29, 1.82) is 0 Å². The maximum Gasteiger partial charge on any atom is 0.201 e. The number of aromatic nitrogens is 2. The third kappa shape index (κ3) is 2.33. The molecule has 1 aromatic heterocycles. The molecule has 0 aliphatic heterocycles. The molecule has 3 heteroatoms. The quantitative estimate of drug-likeness (QED) is 0.785. The molecule has 17 heavy (non-hydrogen) atoms. The average molecular weight is 227 g/mol. The van der Waals surface area contributed by atoms with Crippen LogP contribution in [0, 0.1) is 0 Å². The van der Waals surface area contributed by atoms with Gasteiger partial charge >= 0.3 is 0 Å². The SMILES string of the molecule is C1=C(CCNc2nc3ccccc3[nH]2)CCC1. The molecule has 0 bridgehead atoms. The number of H-pyrrole nitrogens is 1. The zero-order valence-electron chi connectivity index (χ0n) is 9.87. The first kappa shape index (κ1) is 10.4.